The second-order valence-electron chi connectivity index (χ2n) is 22.0. The Balaban J connectivity index is 0.000000125. The van der Waals surface area contributed by atoms with Gasteiger partial charge in [-0.3, -0.25) is 9.13 Å². The lowest BCUT2D eigenvalue weighted by Gasteiger charge is -2.22. The highest BCUT2D eigenvalue weighted by atomic mass is 32.2. The summed E-state index contributed by atoms with van der Waals surface area (Å²) in [7, 11) is 0. The molecular weight excluding hydrogens is 1060 g/mol. The Morgan fingerprint density at radius 3 is 1.74 bits per heavy atom. The molecule has 0 bridgehead atoms. The van der Waals surface area contributed by atoms with Crippen molar-refractivity contribution in [3.05, 3.63) is 255 Å². The van der Waals surface area contributed by atoms with Crippen LogP contribution in [0.25, 0.3) is 154 Å². The Hall–Kier alpha value is -11.1. The van der Waals surface area contributed by atoms with E-state index < -0.39 is 0 Å². The SMILES string of the molecule is c1ccc(-c2nc(-n3c4ccccc4c4c5c(ccc43)-c3cccc4cccc(c34)O5)nc3c2ccc2ccccc23)cc1.c1ccc2c(c1)Sc1cccc3nc(-n4c5ccccc5c5cc6c(cc54)Oc4cccc5cccc-6c45)nc-2c13. The standard InChI is InChI=1S/C40H23N3O.C36H19N3OS/c1-2-11-26(12-3-1)37-31-21-20-24-10-4-5-15-27(24)38(31)42-40(41-37)43-32-18-7-6-16-30(32)36-33(43)23-22-29-28-17-8-13-25-14-9-19-34(35(25)28)44-39(29)36;1-3-14-27-21(10-1)24-18-25-22-12-5-8-20-9-6-15-29(33(20)22)40-30(25)19-28(24)39(27)36-37-26-13-7-17-32-34(26)35(38-36)23-11-2-4-16-31(23)41-32/h1-23H;1-19H. The Bertz CT molecular complexity index is 5780. The summed E-state index contributed by atoms with van der Waals surface area (Å²) < 4.78 is 17.8. The Kier molecular flexibility index (Phi) is 9.67. The maximum absolute atomic E-state index is 6.79. The molecule has 85 heavy (non-hydrogen) atoms. The van der Waals surface area contributed by atoms with Gasteiger partial charge in [-0.05, 0) is 94.0 Å². The van der Waals surface area contributed by atoms with Gasteiger partial charge in [-0.1, -0.05) is 194 Å². The zero-order chi connectivity index (χ0) is 55.4. The number of ether oxygens (including phenoxy) is 2. The third-order valence-corrected chi connectivity index (χ3v) is 18.5. The van der Waals surface area contributed by atoms with Crippen molar-refractivity contribution in [3.63, 3.8) is 0 Å². The summed E-state index contributed by atoms with van der Waals surface area (Å²) in [6.45, 7) is 0. The van der Waals surface area contributed by atoms with Gasteiger partial charge < -0.3 is 9.47 Å². The van der Waals surface area contributed by atoms with Gasteiger partial charge in [0.05, 0.1) is 49.9 Å². The van der Waals surface area contributed by atoms with E-state index in [-0.39, 0.29) is 0 Å². The van der Waals surface area contributed by atoms with E-state index in [1.54, 1.807) is 11.8 Å². The van der Waals surface area contributed by atoms with Crippen LogP contribution >= 0.6 is 11.8 Å². The van der Waals surface area contributed by atoms with Crippen LogP contribution in [0.5, 0.6) is 23.0 Å². The average Bonchev–Trinajstić information content (AvgIpc) is 2.38. The molecule has 0 amide bonds. The number of hydrogen-bond acceptors (Lipinski definition) is 7. The van der Waals surface area contributed by atoms with Gasteiger partial charge in [0, 0.05) is 81.2 Å². The summed E-state index contributed by atoms with van der Waals surface area (Å²) in [5, 5.41) is 13.6. The fourth-order valence-corrected chi connectivity index (χ4v) is 14.8. The lowest BCUT2D eigenvalue weighted by atomic mass is 9.93. The van der Waals surface area contributed by atoms with Crippen LogP contribution in [0, 0.1) is 0 Å². The minimum Gasteiger partial charge on any atom is -0.456 e. The predicted octanol–water partition coefficient (Wildman–Crippen LogP) is 20.3. The van der Waals surface area contributed by atoms with Gasteiger partial charge in [-0.15, -0.1) is 0 Å². The molecule has 4 aromatic heterocycles. The Morgan fingerprint density at radius 1 is 0.306 bits per heavy atom. The van der Waals surface area contributed by atoms with Crippen molar-refractivity contribution in [1.29, 1.82) is 0 Å². The zero-order valence-corrected chi connectivity index (χ0v) is 46.0. The van der Waals surface area contributed by atoms with Gasteiger partial charge in [0.25, 0.3) is 0 Å². The van der Waals surface area contributed by atoms with E-state index >= 15 is 0 Å². The third-order valence-electron chi connectivity index (χ3n) is 17.4. The van der Waals surface area contributed by atoms with Crippen molar-refractivity contribution < 1.29 is 9.47 Å². The molecule has 0 atom stereocenters. The fraction of sp³-hybridized carbons (Fsp3) is 0. The minimum atomic E-state index is 0.636. The van der Waals surface area contributed by atoms with Crippen molar-refractivity contribution in [2.75, 3.05) is 0 Å². The molecule has 0 aliphatic carbocycles. The van der Waals surface area contributed by atoms with Crippen LogP contribution in [0.15, 0.2) is 265 Å². The molecule has 394 valence electrons. The lowest BCUT2D eigenvalue weighted by Crippen LogP contribution is -2.06. The number of rotatable bonds is 3. The van der Waals surface area contributed by atoms with Crippen LogP contribution in [-0.2, 0) is 0 Å². The van der Waals surface area contributed by atoms with Crippen LogP contribution in [0.4, 0.5) is 0 Å². The highest BCUT2D eigenvalue weighted by molar-refractivity contribution is 7.99. The van der Waals surface area contributed by atoms with E-state index in [1.165, 1.54) is 37.1 Å². The first-order chi connectivity index (χ1) is 42.1. The first-order valence-corrected chi connectivity index (χ1v) is 29.3. The molecule has 3 aliphatic heterocycles. The molecule has 0 saturated heterocycles. The van der Waals surface area contributed by atoms with E-state index in [0.29, 0.717) is 11.9 Å². The normalized spacial score (nSPS) is 12.6. The number of para-hydroxylation sites is 2. The Labute approximate surface area is 489 Å². The molecule has 3 aliphatic rings. The molecule has 17 aromatic rings. The van der Waals surface area contributed by atoms with Crippen molar-refractivity contribution >= 4 is 109 Å². The van der Waals surface area contributed by atoms with Crippen LogP contribution in [0.3, 0.4) is 0 Å². The molecule has 0 fully saturated rings. The Morgan fingerprint density at radius 2 is 0.918 bits per heavy atom. The first-order valence-electron chi connectivity index (χ1n) is 28.5. The predicted molar refractivity (Wildman–Crippen MR) is 346 cm³/mol. The quantitative estimate of drug-likeness (QED) is 0.163. The smallest absolute Gasteiger partial charge is 0.235 e. The van der Waals surface area contributed by atoms with Crippen LogP contribution in [-0.4, -0.2) is 29.1 Å². The van der Waals surface area contributed by atoms with Crippen LogP contribution in [0.2, 0.25) is 0 Å². The molecule has 0 N–H and O–H groups in total. The molecule has 0 radical (unpaired) electrons. The highest BCUT2D eigenvalue weighted by Crippen LogP contribution is 2.53. The summed E-state index contributed by atoms with van der Waals surface area (Å²) in [6.07, 6.45) is 0. The first kappa shape index (κ1) is 46.5. The molecule has 13 aromatic carbocycles. The monoisotopic (exact) mass is 1100 g/mol. The third kappa shape index (κ3) is 6.75. The second kappa shape index (κ2) is 17.7. The fourth-order valence-electron chi connectivity index (χ4n) is 13.7. The van der Waals surface area contributed by atoms with Crippen molar-refractivity contribution in [2.24, 2.45) is 0 Å². The van der Waals surface area contributed by atoms with Crippen molar-refractivity contribution in [2.45, 2.75) is 9.79 Å². The number of hydrogen-bond donors (Lipinski definition) is 0. The topological polar surface area (TPSA) is 79.9 Å². The molecule has 0 saturated carbocycles. The summed E-state index contributed by atoms with van der Waals surface area (Å²) in [6, 6.07) is 89.3. The van der Waals surface area contributed by atoms with Crippen molar-refractivity contribution in [3.8, 4) is 79.7 Å². The van der Waals surface area contributed by atoms with Crippen molar-refractivity contribution in [1.82, 2.24) is 29.1 Å². The van der Waals surface area contributed by atoms with E-state index in [9.17, 15) is 0 Å². The average molecular weight is 1100 g/mol. The van der Waals surface area contributed by atoms with E-state index in [0.717, 1.165) is 138 Å². The number of fused-ring (bicyclic) bond motifs is 16. The molecule has 9 heteroatoms. The largest absolute Gasteiger partial charge is 0.456 e. The van der Waals surface area contributed by atoms with Gasteiger partial charge >= 0.3 is 0 Å². The van der Waals surface area contributed by atoms with E-state index in [1.807, 2.05) is 6.07 Å². The summed E-state index contributed by atoms with van der Waals surface area (Å²) in [4.78, 5) is 23.5. The zero-order valence-electron chi connectivity index (χ0n) is 45.2. The number of aromatic nitrogens is 6. The molecule has 8 nitrogen and oxygen atoms in total. The molecule has 20 rings (SSSR count). The maximum Gasteiger partial charge on any atom is 0.235 e. The maximum atomic E-state index is 6.79. The lowest BCUT2D eigenvalue weighted by molar-refractivity contribution is 0.487. The number of nitrogens with zero attached hydrogens (tertiary/aromatic N) is 6. The molecule has 0 spiro atoms. The van der Waals surface area contributed by atoms with Gasteiger partial charge in [0.15, 0.2) is 0 Å². The van der Waals surface area contributed by atoms with Gasteiger partial charge in [0.1, 0.15) is 23.0 Å². The van der Waals surface area contributed by atoms with Crippen LogP contribution in [0.1, 0.15) is 0 Å². The highest BCUT2D eigenvalue weighted by Gasteiger charge is 2.29. The van der Waals surface area contributed by atoms with Crippen LogP contribution < -0.4 is 9.47 Å². The molecular formula is C76H42N6O2S. The van der Waals surface area contributed by atoms with Gasteiger partial charge in [0.2, 0.25) is 11.9 Å². The van der Waals surface area contributed by atoms with E-state index in [4.69, 9.17) is 29.4 Å². The summed E-state index contributed by atoms with van der Waals surface area (Å²) in [5.41, 5.74) is 14.7. The summed E-state index contributed by atoms with van der Waals surface area (Å²) in [5.74, 6) is 4.79. The molecule has 0 unspecified atom stereocenters. The number of benzene rings is 13. The minimum absolute atomic E-state index is 0.636. The van der Waals surface area contributed by atoms with Gasteiger partial charge in [-0.2, -0.15) is 0 Å². The van der Waals surface area contributed by atoms with Gasteiger partial charge in [-0.25, -0.2) is 19.9 Å². The second-order valence-corrected chi connectivity index (χ2v) is 23.1. The van der Waals surface area contributed by atoms with E-state index in [2.05, 4.69) is 258 Å². The summed E-state index contributed by atoms with van der Waals surface area (Å²) >= 11 is 1.79. The molecule has 7 heterocycles.